The number of carbonyl (C=O) groups is 1. The van der Waals surface area contributed by atoms with E-state index in [1.54, 1.807) is 24.5 Å². The summed E-state index contributed by atoms with van der Waals surface area (Å²) in [6.45, 7) is 0. The fourth-order valence-electron chi connectivity index (χ4n) is 3.55. The Hall–Kier alpha value is -2.72. The van der Waals surface area contributed by atoms with Gasteiger partial charge in [0.25, 0.3) is 0 Å². The maximum Gasteiger partial charge on any atom is 0.433 e. The van der Waals surface area contributed by atoms with Gasteiger partial charge in [-0.15, -0.1) is 0 Å². The summed E-state index contributed by atoms with van der Waals surface area (Å²) >= 11 is 0. The second-order valence-corrected chi connectivity index (χ2v) is 7.25. The Morgan fingerprint density at radius 2 is 1.50 bits per heavy atom. The molecule has 5 nitrogen and oxygen atoms in total. The number of rotatable bonds is 3. The van der Waals surface area contributed by atoms with Crippen molar-refractivity contribution in [3.05, 3.63) is 48.0 Å². The zero-order valence-electron chi connectivity index (χ0n) is 16.0. The van der Waals surface area contributed by atoms with Crippen LogP contribution in [0.5, 0.6) is 0 Å². The van der Waals surface area contributed by atoms with Crippen molar-refractivity contribution in [2.75, 3.05) is 11.9 Å². The highest BCUT2D eigenvalue weighted by atomic mass is 19.4. The van der Waals surface area contributed by atoms with Gasteiger partial charge in [-0.05, 0) is 49.9 Å². The average molecular weight is 434 g/mol. The van der Waals surface area contributed by atoms with E-state index in [1.807, 2.05) is 0 Å². The number of pyridine rings is 1. The molecule has 0 radical (unpaired) electrons. The summed E-state index contributed by atoms with van der Waals surface area (Å²) in [7, 11) is 1.47. The lowest BCUT2D eigenvalue weighted by Gasteiger charge is -2.36. The molecule has 0 aliphatic heterocycles. The van der Waals surface area contributed by atoms with Crippen molar-refractivity contribution in [3.8, 4) is 0 Å². The summed E-state index contributed by atoms with van der Waals surface area (Å²) in [6.07, 6.45) is -4.62. The molecule has 30 heavy (non-hydrogen) atoms. The summed E-state index contributed by atoms with van der Waals surface area (Å²) in [4.78, 5) is 16.3. The predicted molar refractivity (Wildman–Crippen MR) is 97.0 cm³/mol. The largest absolute Gasteiger partial charge is 0.433 e. The molecule has 1 N–H and O–H groups in total. The molecule has 2 aromatic rings. The third-order valence-electron chi connectivity index (χ3n) is 5.21. The average Bonchev–Trinajstić information content (AvgIpc) is 3.21. The van der Waals surface area contributed by atoms with Crippen LogP contribution >= 0.6 is 0 Å². The molecule has 0 saturated heterocycles. The highest BCUT2D eigenvalue weighted by molar-refractivity contribution is 5.77. The summed E-state index contributed by atoms with van der Waals surface area (Å²) in [5.41, 5.74) is -3.34. The van der Waals surface area contributed by atoms with Gasteiger partial charge in [0.15, 0.2) is 0 Å². The van der Waals surface area contributed by atoms with Gasteiger partial charge in [0.2, 0.25) is 0 Å². The summed E-state index contributed by atoms with van der Waals surface area (Å²) < 4.78 is 79.6. The van der Waals surface area contributed by atoms with Crippen LogP contribution in [0, 0.1) is 0 Å². The maximum absolute atomic E-state index is 13.0. The third kappa shape index (κ3) is 5.06. The standard InChI is InChI=1S/C19H20F6N4O/c1-28(14-10-15(18(20,21)22)27-16(11-14)19(23,24)25)13-6-4-12(5-7-13)26-17(30)29-8-2-3-9-29/h2-3,8-13H,4-7H2,1H3,(H,26,30). The second-order valence-electron chi connectivity index (χ2n) is 7.25. The van der Waals surface area contributed by atoms with E-state index in [0.717, 1.165) is 0 Å². The van der Waals surface area contributed by atoms with Crippen LogP contribution in [-0.2, 0) is 12.4 Å². The van der Waals surface area contributed by atoms with Crippen molar-refractivity contribution in [2.45, 2.75) is 50.1 Å². The monoisotopic (exact) mass is 434 g/mol. The van der Waals surface area contributed by atoms with Crippen LogP contribution < -0.4 is 10.2 Å². The molecular formula is C19H20F6N4O. The summed E-state index contributed by atoms with van der Waals surface area (Å²) in [5, 5.41) is 2.88. The molecule has 1 saturated carbocycles. The first kappa shape index (κ1) is 22.0. The quantitative estimate of drug-likeness (QED) is 0.698. The highest BCUT2D eigenvalue weighted by Crippen LogP contribution is 2.37. The number of alkyl halides is 6. The van der Waals surface area contributed by atoms with Crippen molar-refractivity contribution >= 4 is 11.7 Å². The highest BCUT2D eigenvalue weighted by Gasteiger charge is 2.39. The predicted octanol–water partition coefficient (Wildman–Crippen LogP) is 4.93. The Bertz CT molecular complexity index is 838. The first-order valence-electron chi connectivity index (χ1n) is 9.28. The van der Waals surface area contributed by atoms with Crippen molar-refractivity contribution in [1.82, 2.24) is 14.9 Å². The zero-order chi connectivity index (χ0) is 22.1. The van der Waals surface area contributed by atoms with E-state index < -0.39 is 23.7 Å². The van der Waals surface area contributed by atoms with Crippen molar-refractivity contribution < 1.29 is 31.1 Å². The van der Waals surface area contributed by atoms with E-state index in [1.165, 1.54) is 16.5 Å². The van der Waals surface area contributed by atoms with Crippen molar-refractivity contribution in [3.63, 3.8) is 0 Å². The number of nitrogens with one attached hydrogen (secondary N) is 1. The van der Waals surface area contributed by atoms with Gasteiger partial charge in [0.05, 0.1) is 0 Å². The SMILES string of the molecule is CN(c1cc(C(F)(F)F)nc(C(F)(F)F)c1)C1CCC(NC(=O)n2cccc2)CC1. The van der Waals surface area contributed by atoms with E-state index >= 15 is 0 Å². The van der Waals surface area contributed by atoms with Crippen LogP contribution in [0.4, 0.5) is 36.8 Å². The van der Waals surface area contributed by atoms with E-state index in [-0.39, 0.29) is 23.8 Å². The second kappa shape index (κ2) is 8.19. The van der Waals surface area contributed by atoms with Crippen LogP contribution in [0.1, 0.15) is 37.1 Å². The number of aromatic nitrogens is 2. The number of halogens is 6. The smallest absolute Gasteiger partial charge is 0.371 e. The molecule has 164 valence electrons. The van der Waals surface area contributed by atoms with Gasteiger partial charge in [0.1, 0.15) is 11.4 Å². The molecule has 1 amide bonds. The van der Waals surface area contributed by atoms with Gasteiger partial charge >= 0.3 is 18.4 Å². The zero-order valence-corrected chi connectivity index (χ0v) is 16.0. The molecule has 1 aliphatic carbocycles. The van der Waals surface area contributed by atoms with Crippen LogP contribution in [0.15, 0.2) is 36.7 Å². The van der Waals surface area contributed by atoms with E-state index in [2.05, 4.69) is 10.3 Å². The maximum atomic E-state index is 13.0. The Morgan fingerprint density at radius 3 is 1.97 bits per heavy atom. The minimum Gasteiger partial charge on any atom is -0.371 e. The molecule has 0 spiro atoms. The van der Waals surface area contributed by atoms with Gasteiger partial charge in [-0.25, -0.2) is 9.78 Å². The van der Waals surface area contributed by atoms with Gasteiger partial charge in [0, 0.05) is 37.2 Å². The number of amides is 1. The number of anilines is 1. The van der Waals surface area contributed by atoms with Gasteiger partial charge in [-0.1, -0.05) is 0 Å². The van der Waals surface area contributed by atoms with Crippen LogP contribution in [-0.4, -0.2) is 34.7 Å². The molecule has 0 unspecified atom stereocenters. The molecule has 0 aromatic carbocycles. The minimum absolute atomic E-state index is 0.113. The minimum atomic E-state index is -4.99. The third-order valence-corrected chi connectivity index (χ3v) is 5.21. The van der Waals surface area contributed by atoms with Gasteiger partial charge in [-0.3, -0.25) is 4.57 Å². The molecule has 3 rings (SSSR count). The molecule has 2 aromatic heterocycles. The number of hydrogen-bond donors (Lipinski definition) is 1. The lowest BCUT2D eigenvalue weighted by atomic mass is 9.90. The first-order valence-corrected chi connectivity index (χ1v) is 9.28. The lowest BCUT2D eigenvalue weighted by molar-refractivity contribution is -0.150. The molecule has 11 heteroatoms. The molecular weight excluding hydrogens is 414 g/mol. The lowest BCUT2D eigenvalue weighted by Crippen LogP contribution is -2.44. The fraction of sp³-hybridized carbons (Fsp3) is 0.474. The first-order chi connectivity index (χ1) is 13.9. The van der Waals surface area contributed by atoms with Crippen molar-refractivity contribution in [2.24, 2.45) is 0 Å². The van der Waals surface area contributed by atoms with Gasteiger partial charge in [-0.2, -0.15) is 26.3 Å². The molecule has 2 heterocycles. The molecule has 1 fully saturated rings. The Kier molecular flexibility index (Phi) is 6.00. The Morgan fingerprint density at radius 1 is 1.00 bits per heavy atom. The molecule has 0 bridgehead atoms. The van der Waals surface area contributed by atoms with E-state index in [4.69, 9.17) is 0 Å². The van der Waals surface area contributed by atoms with Crippen LogP contribution in [0.2, 0.25) is 0 Å². The normalized spacial score (nSPS) is 20.1. The van der Waals surface area contributed by atoms with E-state index in [0.29, 0.717) is 37.8 Å². The van der Waals surface area contributed by atoms with Crippen LogP contribution in [0.3, 0.4) is 0 Å². The summed E-state index contributed by atoms with van der Waals surface area (Å²) in [6, 6.07) is 4.04. The fourth-order valence-corrected chi connectivity index (χ4v) is 3.55. The molecule has 1 aliphatic rings. The Labute approximate surface area is 168 Å². The van der Waals surface area contributed by atoms with Crippen LogP contribution in [0.25, 0.3) is 0 Å². The number of nitrogens with zero attached hydrogens (tertiary/aromatic N) is 3. The van der Waals surface area contributed by atoms with Gasteiger partial charge < -0.3 is 10.2 Å². The molecule has 0 atom stereocenters. The summed E-state index contributed by atoms with van der Waals surface area (Å²) in [5.74, 6) is 0. The number of carbonyl (C=O) groups excluding carboxylic acids is 1. The Balaban J connectivity index is 1.70. The van der Waals surface area contributed by atoms with Crippen molar-refractivity contribution in [1.29, 1.82) is 0 Å². The van der Waals surface area contributed by atoms with E-state index in [9.17, 15) is 31.1 Å². The number of hydrogen-bond acceptors (Lipinski definition) is 3. The topological polar surface area (TPSA) is 50.2 Å².